The molecule has 0 atom stereocenters. The molecular formula is C12H24. The molecule has 12 heavy (non-hydrogen) atoms. The van der Waals surface area contributed by atoms with Crippen LogP contribution in [0.15, 0.2) is 24.3 Å². The topological polar surface area (TPSA) is 0 Å². The Morgan fingerprint density at radius 2 is 1.83 bits per heavy atom. The average Bonchev–Trinajstić information content (AvgIpc) is 2.09. The summed E-state index contributed by atoms with van der Waals surface area (Å²) in [6, 6.07) is 0. The molecule has 0 fully saturated rings. The van der Waals surface area contributed by atoms with Gasteiger partial charge in [0.2, 0.25) is 0 Å². The van der Waals surface area contributed by atoms with Crippen molar-refractivity contribution in [3.63, 3.8) is 0 Å². The van der Waals surface area contributed by atoms with E-state index in [0.717, 1.165) is 6.42 Å². The van der Waals surface area contributed by atoms with Crippen molar-refractivity contribution in [2.24, 2.45) is 5.92 Å². The molecular weight excluding hydrogens is 144 g/mol. The van der Waals surface area contributed by atoms with Crippen LogP contribution < -0.4 is 0 Å². The van der Waals surface area contributed by atoms with Crippen molar-refractivity contribution in [1.82, 2.24) is 0 Å². The second-order valence-electron chi connectivity index (χ2n) is 2.85. The summed E-state index contributed by atoms with van der Waals surface area (Å²) in [5, 5.41) is 0. The maximum Gasteiger partial charge on any atom is -0.0260 e. The first-order chi connectivity index (χ1) is 5.72. The fourth-order valence-corrected chi connectivity index (χ4v) is 1.04. The van der Waals surface area contributed by atoms with E-state index in [1.54, 1.807) is 5.57 Å². The highest BCUT2D eigenvalue weighted by Gasteiger charge is 1.98. The Morgan fingerprint density at radius 1 is 1.33 bits per heavy atom. The van der Waals surface area contributed by atoms with Crippen LogP contribution in [0, 0.1) is 5.92 Å². The van der Waals surface area contributed by atoms with Crippen LogP contribution in [-0.2, 0) is 0 Å². The Bertz CT molecular complexity index is 118. The fourth-order valence-electron chi connectivity index (χ4n) is 1.04. The molecule has 0 spiro atoms. The second-order valence-corrected chi connectivity index (χ2v) is 2.85. The van der Waals surface area contributed by atoms with E-state index in [2.05, 4.69) is 33.4 Å². The number of hydrogen-bond acceptors (Lipinski definition) is 0. The Hall–Kier alpha value is -0.520. The highest BCUT2D eigenvalue weighted by atomic mass is 14.0. The molecule has 0 aromatic carbocycles. The zero-order chi connectivity index (χ0) is 9.98. The predicted molar refractivity (Wildman–Crippen MR) is 59.4 cm³/mol. The quantitative estimate of drug-likeness (QED) is 0.539. The van der Waals surface area contributed by atoms with Gasteiger partial charge in [-0.15, -0.1) is 6.58 Å². The Morgan fingerprint density at radius 3 is 2.08 bits per heavy atom. The average molecular weight is 168 g/mol. The first-order valence-corrected chi connectivity index (χ1v) is 4.98. The minimum atomic E-state index is 0.699. The molecule has 0 bridgehead atoms. The van der Waals surface area contributed by atoms with Crippen LogP contribution in [0.2, 0.25) is 0 Å². The zero-order valence-electron chi connectivity index (χ0n) is 9.35. The van der Waals surface area contributed by atoms with E-state index < -0.39 is 0 Å². The minimum absolute atomic E-state index is 0.699. The van der Waals surface area contributed by atoms with Gasteiger partial charge in [0, 0.05) is 0 Å². The molecule has 0 heterocycles. The minimum Gasteiger partial charge on any atom is -0.103 e. The van der Waals surface area contributed by atoms with Crippen LogP contribution in [0.5, 0.6) is 0 Å². The highest BCUT2D eigenvalue weighted by molar-refractivity contribution is 5.03. The third kappa shape index (κ3) is 7.59. The van der Waals surface area contributed by atoms with Crippen molar-refractivity contribution in [3.8, 4) is 0 Å². The number of rotatable bonds is 4. The standard InChI is InChI=1S/C10H18.C2H6/c1-5-7-8-10(6-2)9(3)4;1-2/h5-6,9H,1,7-8H2,2-4H3;1-2H3/b10-6+;. The van der Waals surface area contributed by atoms with Gasteiger partial charge in [-0.25, -0.2) is 0 Å². The van der Waals surface area contributed by atoms with Gasteiger partial charge >= 0.3 is 0 Å². The van der Waals surface area contributed by atoms with E-state index in [9.17, 15) is 0 Å². The fraction of sp³-hybridized carbons (Fsp3) is 0.667. The molecule has 0 saturated carbocycles. The zero-order valence-corrected chi connectivity index (χ0v) is 9.35. The Labute approximate surface area is 78.4 Å². The van der Waals surface area contributed by atoms with Crippen molar-refractivity contribution in [2.75, 3.05) is 0 Å². The molecule has 0 unspecified atom stereocenters. The third-order valence-corrected chi connectivity index (χ3v) is 1.75. The lowest BCUT2D eigenvalue weighted by Crippen LogP contribution is -1.92. The van der Waals surface area contributed by atoms with Crippen LogP contribution >= 0.6 is 0 Å². The molecule has 0 amide bonds. The summed E-state index contributed by atoms with van der Waals surface area (Å²) in [7, 11) is 0. The lowest BCUT2D eigenvalue weighted by atomic mass is 9.98. The molecule has 0 aliphatic rings. The smallest absolute Gasteiger partial charge is 0.0260 e. The van der Waals surface area contributed by atoms with Crippen LogP contribution in [0.4, 0.5) is 0 Å². The Kier molecular flexibility index (Phi) is 12.3. The molecule has 0 aromatic rings. The normalized spacial score (nSPS) is 10.7. The van der Waals surface area contributed by atoms with Gasteiger partial charge in [-0.2, -0.15) is 0 Å². The highest BCUT2D eigenvalue weighted by Crippen LogP contribution is 2.15. The molecule has 0 nitrogen and oxygen atoms in total. The van der Waals surface area contributed by atoms with Crippen molar-refractivity contribution in [3.05, 3.63) is 24.3 Å². The van der Waals surface area contributed by atoms with Gasteiger partial charge in [0.25, 0.3) is 0 Å². The van der Waals surface area contributed by atoms with Crippen molar-refractivity contribution >= 4 is 0 Å². The van der Waals surface area contributed by atoms with Gasteiger partial charge in [0.1, 0.15) is 0 Å². The molecule has 0 aliphatic heterocycles. The largest absolute Gasteiger partial charge is 0.103 e. The summed E-state index contributed by atoms with van der Waals surface area (Å²) < 4.78 is 0. The molecule has 0 aliphatic carbocycles. The number of hydrogen-bond donors (Lipinski definition) is 0. The molecule has 0 rings (SSSR count). The maximum atomic E-state index is 3.70. The van der Waals surface area contributed by atoms with E-state index in [1.165, 1.54) is 6.42 Å². The molecule has 0 heteroatoms. The van der Waals surface area contributed by atoms with Crippen LogP contribution in [0.25, 0.3) is 0 Å². The summed E-state index contributed by atoms with van der Waals surface area (Å²) in [5.41, 5.74) is 1.54. The lowest BCUT2D eigenvalue weighted by molar-refractivity contribution is 0.713. The molecule has 0 saturated heterocycles. The van der Waals surface area contributed by atoms with E-state index in [0.29, 0.717) is 5.92 Å². The van der Waals surface area contributed by atoms with Gasteiger partial charge in [0.15, 0.2) is 0 Å². The second kappa shape index (κ2) is 10.5. The third-order valence-electron chi connectivity index (χ3n) is 1.75. The van der Waals surface area contributed by atoms with Gasteiger partial charge < -0.3 is 0 Å². The van der Waals surface area contributed by atoms with Crippen molar-refractivity contribution in [2.45, 2.75) is 47.5 Å². The number of allylic oxidation sites excluding steroid dienone is 3. The summed E-state index contributed by atoms with van der Waals surface area (Å²) in [5.74, 6) is 0.699. The van der Waals surface area contributed by atoms with Crippen LogP contribution in [0.1, 0.15) is 47.5 Å². The van der Waals surface area contributed by atoms with Crippen LogP contribution in [0.3, 0.4) is 0 Å². The van der Waals surface area contributed by atoms with E-state index in [-0.39, 0.29) is 0 Å². The monoisotopic (exact) mass is 168 g/mol. The van der Waals surface area contributed by atoms with Crippen LogP contribution in [-0.4, -0.2) is 0 Å². The SMILES string of the molecule is C=CCC/C(=C\C)C(C)C.CC. The van der Waals surface area contributed by atoms with E-state index in [1.807, 2.05) is 19.9 Å². The lowest BCUT2D eigenvalue weighted by Gasteiger charge is -2.08. The summed E-state index contributed by atoms with van der Waals surface area (Å²) in [6.45, 7) is 14.3. The van der Waals surface area contributed by atoms with Gasteiger partial charge in [0.05, 0.1) is 0 Å². The summed E-state index contributed by atoms with van der Waals surface area (Å²) in [6.07, 6.45) is 6.48. The first kappa shape index (κ1) is 14.0. The molecule has 72 valence electrons. The van der Waals surface area contributed by atoms with E-state index in [4.69, 9.17) is 0 Å². The Balaban J connectivity index is 0. The van der Waals surface area contributed by atoms with Gasteiger partial charge in [-0.1, -0.05) is 45.4 Å². The summed E-state index contributed by atoms with van der Waals surface area (Å²) >= 11 is 0. The molecule has 0 radical (unpaired) electrons. The van der Waals surface area contributed by atoms with Crippen molar-refractivity contribution < 1.29 is 0 Å². The predicted octanol–water partition coefficient (Wildman–Crippen LogP) is 4.58. The maximum absolute atomic E-state index is 3.70. The molecule has 0 N–H and O–H groups in total. The van der Waals surface area contributed by atoms with Crippen molar-refractivity contribution in [1.29, 1.82) is 0 Å². The van der Waals surface area contributed by atoms with Gasteiger partial charge in [-0.3, -0.25) is 0 Å². The summed E-state index contributed by atoms with van der Waals surface area (Å²) in [4.78, 5) is 0. The molecule has 0 aromatic heterocycles. The van der Waals surface area contributed by atoms with Gasteiger partial charge in [-0.05, 0) is 25.7 Å². The van der Waals surface area contributed by atoms with E-state index >= 15 is 0 Å². The first-order valence-electron chi connectivity index (χ1n) is 4.98.